The topological polar surface area (TPSA) is 149 Å². The van der Waals surface area contributed by atoms with E-state index in [1.54, 1.807) is 0 Å². The summed E-state index contributed by atoms with van der Waals surface area (Å²) in [6.45, 7) is 3.87. The first-order valence-corrected chi connectivity index (χ1v) is 35.0. The van der Waals surface area contributed by atoms with Crippen molar-refractivity contribution in [2.75, 3.05) is 13.2 Å². The maximum absolute atomic E-state index is 13.1. The van der Waals surface area contributed by atoms with E-state index < -0.39 is 49.5 Å². The molecule has 0 spiro atoms. The first kappa shape index (κ1) is 75.7. The molecule has 1 saturated heterocycles. The van der Waals surface area contributed by atoms with Gasteiger partial charge in [0.15, 0.2) is 6.29 Å². The number of rotatable bonds is 62. The molecule has 468 valence electrons. The summed E-state index contributed by atoms with van der Waals surface area (Å²) in [5.74, 6) is -0.136. The van der Waals surface area contributed by atoms with Crippen LogP contribution < -0.4 is 5.32 Å². The third-order valence-electron chi connectivity index (χ3n) is 17.1. The first-order chi connectivity index (χ1) is 38.8. The van der Waals surface area contributed by atoms with Crippen molar-refractivity contribution < 1.29 is 39.8 Å². The van der Waals surface area contributed by atoms with E-state index in [2.05, 4.69) is 43.5 Å². The van der Waals surface area contributed by atoms with E-state index in [1.165, 1.54) is 289 Å². The highest BCUT2D eigenvalue weighted by Crippen LogP contribution is 2.24. The molecule has 1 heterocycles. The molecule has 0 aliphatic carbocycles. The number of unbranched alkanes of at least 4 members (excludes halogenated alkanes) is 48. The number of ether oxygens (including phenoxy) is 2. The second-order valence-corrected chi connectivity index (χ2v) is 24.7. The molecule has 7 atom stereocenters. The van der Waals surface area contributed by atoms with Crippen LogP contribution in [0.5, 0.6) is 0 Å². The highest BCUT2D eigenvalue weighted by atomic mass is 16.7. The molecular formula is C70H135NO8. The van der Waals surface area contributed by atoms with Crippen LogP contribution in [0.25, 0.3) is 0 Å². The van der Waals surface area contributed by atoms with Crippen LogP contribution in [0.4, 0.5) is 0 Å². The van der Waals surface area contributed by atoms with Crippen LogP contribution >= 0.6 is 0 Å². The highest BCUT2D eigenvalue weighted by Gasteiger charge is 2.44. The second-order valence-electron chi connectivity index (χ2n) is 24.7. The second kappa shape index (κ2) is 59.8. The SMILES string of the molecule is CCCCCCC/C=C\C/C=C\CCCCCCCCCCCCCCCCCCCCCCCCCCCCCCCC(=O)NC(COC1OC(CO)C(O)C(O)C1O)C(O)CCCCCCCCCCCCCCCCC. The number of carbonyl (C=O) groups excluding carboxylic acids is 1. The van der Waals surface area contributed by atoms with Gasteiger partial charge in [0.05, 0.1) is 25.4 Å². The Kier molecular flexibility index (Phi) is 57.3. The van der Waals surface area contributed by atoms with Gasteiger partial charge in [0, 0.05) is 6.42 Å². The summed E-state index contributed by atoms with van der Waals surface area (Å²) in [4.78, 5) is 13.1. The molecule has 0 aromatic carbocycles. The van der Waals surface area contributed by atoms with Gasteiger partial charge >= 0.3 is 0 Å². The zero-order valence-electron chi connectivity index (χ0n) is 52.4. The number of aliphatic hydroxyl groups is 5. The lowest BCUT2D eigenvalue weighted by molar-refractivity contribution is -0.302. The van der Waals surface area contributed by atoms with Crippen LogP contribution in [-0.4, -0.2) is 87.5 Å². The van der Waals surface area contributed by atoms with Gasteiger partial charge in [-0.1, -0.05) is 334 Å². The summed E-state index contributed by atoms with van der Waals surface area (Å²) < 4.78 is 11.3. The zero-order valence-corrected chi connectivity index (χ0v) is 52.4. The average molecular weight is 1120 g/mol. The Balaban J connectivity index is 1.99. The molecule has 1 aliphatic rings. The number of allylic oxidation sites excluding steroid dienone is 4. The van der Waals surface area contributed by atoms with Crippen molar-refractivity contribution in [3.8, 4) is 0 Å². The Bertz CT molecular complexity index is 1300. The van der Waals surface area contributed by atoms with Crippen LogP contribution in [0.2, 0.25) is 0 Å². The molecule has 79 heavy (non-hydrogen) atoms. The third-order valence-corrected chi connectivity index (χ3v) is 17.1. The van der Waals surface area contributed by atoms with E-state index in [0.717, 1.165) is 44.9 Å². The summed E-state index contributed by atoms with van der Waals surface area (Å²) in [6, 6.07) is -0.715. The fourth-order valence-corrected chi connectivity index (χ4v) is 11.6. The minimum absolute atomic E-state index is 0.132. The van der Waals surface area contributed by atoms with Crippen molar-refractivity contribution in [2.45, 2.75) is 403 Å². The van der Waals surface area contributed by atoms with Crippen LogP contribution in [0, 0.1) is 0 Å². The van der Waals surface area contributed by atoms with Crippen molar-refractivity contribution in [1.29, 1.82) is 0 Å². The first-order valence-electron chi connectivity index (χ1n) is 35.0. The molecule has 1 fully saturated rings. The van der Waals surface area contributed by atoms with E-state index in [0.29, 0.717) is 12.8 Å². The predicted octanol–water partition coefficient (Wildman–Crippen LogP) is 18.9. The number of carbonyl (C=O) groups is 1. The Hall–Kier alpha value is -1.33. The Morgan fingerprint density at radius 2 is 0.747 bits per heavy atom. The van der Waals surface area contributed by atoms with Gasteiger partial charge in [-0.3, -0.25) is 4.79 Å². The molecule has 0 saturated carbocycles. The van der Waals surface area contributed by atoms with Crippen LogP contribution in [0.3, 0.4) is 0 Å². The maximum atomic E-state index is 13.1. The van der Waals surface area contributed by atoms with Crippen LogP contribution in [-0.2, 0) is 14.3 Å². The Morgan fingerprint density at radius 1 is 0.430 bits per heavy atom. The molecule has 1 amide bonds. The average Bonchev–Trinajstić information content (AvgIpc) is 3.46. The summed E-state index contributed by atoms with van der Waals surface area (Å²) in [5, 5.41) is 54.8. The highest BCUT2D eigenvalue weighted by molar-refractivity contribution is 5.76. The van der Waals surface area contributed by atoms with Gasteiger partial charge in [-0.2, -0.15) is 0 Å². The monoisotopic (exact) mass is 1120 g/mol. The fraction of sp³-hybridized carbons (Fsp3) is 0.929. The summed E-state index contributed by atoms with van der Waals surface area (Å²) >= 11 is 0. The van der Waals surface area contributed by atoms with Gasteiger partial charge in [-0.15, -0.1) is 0 Å². The zero-order chi connectivity index (χ0) is 57.2. The predicted molar refractivity (Wildman–Crippen MR) is 337 cm³/mol. The van der Waals surface area contributed by atoms with Crippen molar-refractivity contribution in [2.24, 2.45) is 0 Å². The van der Waals surface area contributed by atoms with Gasteiger partial charge in [-0.25, -0.2) is 0 Å². The molecule has 7 unspecified atom stereocenters. The van der Waals surface area contributed by atoms with Gasteiger partial charge in [0.25, 0.3) is 0 Å². The normalized spacial score (nSPS) is 18.6. The van der Waals surface area contributed by atoms with Crippen molar-refractivity contribution >= 4 is 5.91 Å². The van der Waals surface area contributed by atoms with Crippen molar-refractivity contribution in [3.63, 3.8) is 0 Å². The summed E-state index contributed by atoms with van der Waals surface area (Å²) in [6.07, 6.45) is 71.3. The van der Waals surface area contributed by atoms with E-state index >= 15 is 0 Å². The summed E-state index contributed by atoms with van der Waals surface area (Å²) in [5.41, 5.74) is 0. The minimum Gasteiger partial charge on any atom is -0.394 e. The minimum atomic E-state index is -1.55. The van der Waals surface area contributed by atoms with E-state index in [9.17, 15) is 30.3 Å². The molecule has 0 radical (unpaired) electrons. The largest absolute Gasteiger partial charge is 0.394 e. The number of hydrogen-bond donors (Lipinski definition) is 6. The molecule has 0 aromatic heterocycles. The molecule has 0 bridgehead atoms. The molecule has 9 heteroatoms. The van der Waals surface area contributed by atoms with E-state index in [4.69, 9.17) is 9.47 Å². The third kappa shape index (κ3) is 48.7. The van der Waals surface area contributed by atoms with Crippen molar-refractivity contribution in [3.05, 3.63) is 24.3 Å². The number of hydrogen-bond acceptors (Lipinski definition) is 8. The molecule has 0 aromatic rings. The Labute approximate surface area is 489 Å². The molecule has 6 N–H and O–H groups in total. The quantitative estimate of drug-likeness (QED) is 0.0261. The van der Waals surface area contributed by atoms with Gasteiger partial charge in [0.1, 0.15) is 24.4 Å². The number of aliphatic hydroxyl groups excluding tert-OH is 5. The fourth-order valence-electron chi connectivity index (χ4n) is 11.6. The standard InChI is InChI=1S/C70H135NO8/c1-3-5-7-9-11-13-15-17-19-20-21-22-23-24-25-26-27-28-29-30-31-32-33-34-35-36-37-38-39-40-41-42-43-44-46-48-50-52-54-56-58-60-66(74)71-63(62-78-70-69(77)68(76)67(75)65(61-72)79-70)64(73)59-57-55-53-51-49-47-45-18-16-14-12-10-8-6-4-2/h15,17,20-21,63-65,67-70,72-73,75-77H,3-14,16,18-19,22-62H2,1-2H3,(H,71,74)/b17-15-,21-20-. The Morgan fingerprint density at radius 3 is 1.09 bits per heavy atom. The maximum Gasteiger partial charge on any atom is 0.220 e. The van der Waals surface area contributed by atoms with E-state index in [-0.39, 0.29) is 12.5 Å². The van der Waals surface area contributed by atoms with Gasteiger partial charge in [-0.05, 0) is 44.9 Å². The van der Waals surface area contributed by atoms with Gasteiger partial charge < -0.3 is 40.3 Å². The molecule has 1 aliphatic heterocycles. The van der Waals surface area contributed by atoms with Crippen molar-refractivity contribution in [1.82, 2.24) is 5.32 Å². The smallest absolute Gasteiger partial charge is 0.220 e. The van der Waals surface area contributed by atoms with Crippen LogP contribution in [0.1, 0.15) is 361 Å². The molecular weight excluding hydrogens is 983 g/mol. The lowest BCUT2D eigenvalue weighted by Gasteiger charge is -2.40. The lowest BCUT2D eigenvalue weighted by atomic mass is 9.99. The van der Waals surface area contributed by atoms with Gasteiger partial charge in [0.2, 0.25) is 5.91 Å². The van der Waals surface area contributed by atoms with E-state index in [1.807, 2.05) is 0 Å². The molecule has 1 rings (SSSR count). The van der Waals surface area contributed by atoms with Crippen LogP contribution in [0.15, 0.2) is 24.3 Å². The lowest BCUT2D eigenvalue weighted by Crippen LogP contribution is -2.60. The summed E-state index contributed by atoms with van der Waals surface area (Å²) in [7, 11) is 0. The molecule has 9 nitrogen and oxygen atoms in total. The number of amides is 1. The number of nitrogens with one attached hydrogen (secondary N) is 1.